The molecule has 0 radical (unpaired) electrons. The Kier molecular flexibility index (Phi) is 8.59. The molecule has 0 saturated carbocycles. The number of morpholine rings is 1. The van der Waals surface area contributed by atoms with Crippen LogP contribution in [0.1, 0.15) is 15.9 Å². The number of benzene rings is 3. The normalized spacial score (nSPS) is 14.5. The maximum absolute atomic E-state index is 13.7. The highest BCUT2D eigenvalue weighted by atomic mass is 35.5. The van der Waals surface area contributed by atoms with Gasteiger partial charge >= 0.3 is 0 Å². The van der Waals surface area contributed by atoms with E-state index in [9.17, 15) is 9.59 Å². The van der Waals surface area contributed by atoms with Crippen molar-refractivity contribution in [2.24, 2.45) is 0 Å². The molecule has 1 fully saturated rings. The molecule has 6 rings (SSSR count). The van der Waals surface area contributed by atoms with Crippen LogP contribution in [0.3, 0.4) is 0 Å². The van der Waals surface area contributed by atoms with Gasteiger partial charge in [-0.25, -0.2) is 4.98 Å². The molecule has 222 valence electrons. The molecule has 2 aliphatic heterocycles. The minimum absolute atomic E-state index is 0.113. The summed E-state index contributed by atoms with van der Waals surface area (Å²) in [5.74, 6) is 0.817. The van der Waals surface area contributed by atoms with Crippen molar-refractivity contribution in [1.29, 1.82) is 0 Å². The number of fused-ring (bicyclic) bond motifs is 1. The summed E-state index contributed by atoms with van der Waals surface area (Å²) in [7, 11) is 0. The summed E-state index contributed by atoms with van der Waals surface area (Å²) >= 11 is 6.10. The highest BCUT2D eigenvalue weighted by Gasteiger charge is 2.24. The molecule has 2 aliphatic rings. The Hall–Kier alpha value is -4.38. The van der Waals surface area contributed by atoms with E-state index in [1.807, 2.05) is 54.1 Å². The van der Waals surface area contributed by atoms with Crippen LogP contribution < -0.4 is 14.8 Å². The second-order valence-electron chi connectivity index (χ2n) is 10.5. The SMILES string of the molecule is Cc1ccc(-n2cc(-c3ccc(Cl)cc3)nc2NC(=O)CN(CCN2CCOCC2)C(=O)c2ccc3c(c2)OCO3)cc1. The number of halogens is 1. The number of aromatic nitrogens is 2. The molecule has 3 heterocycles. The van der Waals surface area contributed by atoms with Gasteiger partial charge in [-0.1, -0.05) is 41.4 Å². The lowest BCUT2D eigenvalue weighted by Gasteiger charge is -2.30. The third kappa shape index (κ3) is 6.83. The van der Waals surface area contributed by atoms with Crippen LogP contribution in [0.15, 0.2) is 72.9 Å². The topological polar surface area (TPSA) is 98.2 Å². The Bertz CT molecular complexity index is 1600. The van der Waals surface area contributed by atoms with Crippen molar-refractivity contribution in [3.8, 4) is 28.4 Å². The van der Waals surface area contributed by atoms with E-state index in [-0.39, 0.29) is 25.2 Å². The fourth-order valence-electron chi connectivity index (χ4n) is 5.02. The molecule has 0 spiro atoms. The summed E-state index contributed by atoms with van der Waals surface area (Å²) in [5.41, 5.74) is 3.91. The summed E-state index contributed by atoms with van der Waals surface area (Å²) in [4.78, 5) is 35.8. The number of nitrogens with one attached hydrogen (secondary N) is 1. The van der Waals surface area contributed by atoms with Gasteiger partial charge in [0.1, 0.15) is 6.54 Å². The first-order chi connectivity index (χ1) is 20.9. The molecule has 0 aliphatic carbocycles. The zero-order chi connectivity index (χ0) is 29.8. The van der Waals surface area contributed by atoms with Crippen molar-refractivity contribution in [2.45, 2.75) is 6.92 Å². The Labute approximate surface area is 254 Å². The second-order valence-corrected chi connectivity index (χ2v) is 10.9. The van der Waals surface area contributed by atoms with Gasteiger partial charge < -0.3 is 19.1 Å². The molecule has 1 N–H and O–H groups in total. The number of imidazole rings is 1. The molecule has 0 bridgehead atoms. The van der Waals surface area contributed by atoms with Gasteiger partial charge in [-0.15, -0.1) is 0 Å². The van der Waals surface area contributed by atoms with Crippen molar-refractivity contribution < 1.29 is 23.8 Å². The maximum atomic E-state index is 13.7. The number of carbonyl (C=O) groups is 2. The molecule has 0 atom stereocenters. The number of amides is 2. The molecule has 10 nitrogen and oxygen atoms in total. The standard InChI is InChI=1S/C32H32ClN5O5/c1-22-2-9-26(10-3-22)38-19-27(23-4-7-25(33)8-5-23)34-32(38)35-30(39)20-37(13-12-36-14-16-41-17-15-36)31(40)24-6-11-28-29(18-24)43-21-42-28/h2-11,18-19H,12-17,20-21H2,1H3,(H,34,35,39). The number of rotatable bonds is 9. The molecule has 3 aromatic carbocycles. The molecule has 4 aromatic rings. The average molecular weight is 602 g/mol. The molecule has 11 heteroatoms. The zero-order valence-corrected chi connectivity index (χ0v) is 24.5. The fourth-order valence-corrected chi connectivity index (χ4v) is 5.15. The van der Waals surface area contributed by atoms with Gasteiger partial charge in [0.05, 0.1) is 18.9 Å². The Morgan fingerprint density at radius 2 is 1.72 bits per heavy atom. The maximum Gasteiger partial charge on any atom is 0.254 e. The van der Waals surface area contributed by atoms with E-state index >= 15 is 0 Å². The molecule has 2 amide bonds. The van der Waals surface area contributed by atoms with Gasteiger partial charge in [0.15, 0.2) is 11.5 Å². The first-order valence-corrected chi connectivity index (χ1v) is 14.5. The molecular weight excluding hydrogens is 570 g/mol. The number of hydrogen-bond acceptors (Lipinski definition) is 7. The predicted octanol–water partition coefficient (Wildman–Crippen LogP) is 4.64. The van der Waals surface area contributed by atoms with Crippen LogP contribution in [0, 0.1) is 6.92 Å². The minimum atomic E-state index is -0.363. The van der Waals surface area contributed by atoms with Crippen molar-refractivity contribution in [1.82, 2.24) is 19.4 Å². The van der Waals surface area contributed by atoms with Crippen LogP contribution in [0.4, 0.5) is 5.95 Å². The molecule has 43 heavy (non-hydrogen) atoms. The summed E-state index contributed by atoms with van der Waals surface area (Å²) in [5, 5.41) is 3.58. The van der Waals surface area contributed by atoms with E-state index in [2.05, 4.69) is 10.2 Å². The van der Waals surface area contributed by atoms with E-state index in [4.69, 9.17) is 30.8 Å². The van der Waals surface area contributed by atoms with Crippen LogP contribution in [-0.2, 0) is 9.53 Å². The lowest BCUT2D eigenvalue weighted by molar-refractivity contribution is -0.117. The molecular formula is C32H32ClN5O5. The van der Waals surface area contributed by atoms with Gasteiger partial charge in [0.25, 0.3) is 5.91 Å². The third-order valence-electron chi connectivity index (χ3n) is 7.44. The van der Waals surface area contributed by atoms with E-state index < -0.39 is 0 Å². The number of ether oxygens (including phenoxy) is 3. The Morgan fingerprint density at radius 3 is 2.49 bits per heavy atom. The monoisotopic (exact) mass is 601 g/mol. The van der Waals surface area contributed by atoms with Gasteiger partial charge in [-0.3, -0.25) is 24.4 Å². The summed E-state index contributed by atoms with van der Waals surface area (Å²) < 4.78 is 18.2. The summed E-state index contributed by atoms with van der Waals surface area (Å²) in [6.45, 7) is 5.80. The fraction of sp³-hybridized carbons (Fsp3) is 0.281. The second kappa shape index (κ2) is 12.9. The lowest BCUT2D eigenvalue weighted by atomic mass is 10.1. The van der Waals surface area contributed by atoms with Gasteiger partial charge in [0, 0.05) is 54.2 Å². The van der Waals surface area contributed by atoms with E-state index in [0.717, 1.165) is 29.9 Å². The number of anilines is 1. The quantitative estimate of drug-likeness (QED) is 0.298. The first kappa shape index (κ1) is 28.7. The largest absolute Gasteiger partial charge is 0.454 e. The summed E-state index contributed by atoms with van der Waals surface area (Å²) in [6, 6.07) is 20.4. The first-order valence-electron chi connectivity index (χ1n) is 14.1. The highest BCUT2D eigenvalue weighted by molar-refractivity contribution is 6.30. The Morgan fingerprint density at radius 1 is 0.977 bits per heavy atom. The lowest BCUT2D eigenvalue weighted by Crippen LogP contribution is -2.45. The van der Waals surface area contributed by atoms with E-state index in [1.54, 1.807) is 35.2 Å². The van der Waals surface area contributed by atoms with Crippen molar-refractivity contribution in [3.63, 3.8) is 0 Å². The van der Waals surface area contributed by atoms with E-state index in [0.29, 0.717) is 60.0 Å². The molecule has 0 unspecified atom stereocenters. The van der Waals surface area contributed by atoms with Crippen molar-refractivity contribution >= 4 is 29.4 Å². The third-order valence-corrected chi connectivity index (χ3v) is 7.69. The van der Waals surface area contributed by atoms with Gasteiger partial charge in [-0.05, 0) is 49.4 Å². The van der Waals surface area contributed by atoms with Crippen LogP contribution in [0.5, 0.6) is 11.5 Å². The number of hydrogen-bond donors (Lipinski definition) is 1. The van der Waals surface area contributed by atoms with Crippen molar-refractivity contribution in [3.05, 3.63) is 89.1 Å². The Balaban J connectivity index is 1.25. The average Bonchev–Trinajstić information content (AvgIpc) is 3.67. The number of aryl methyl sites for hydroxylation is 1. The predicted molar refractivity (Wildman–Crippen MR) is 163 cm³/mol. The van der Waals surface area contributed by atoms with Crippen molar-refractivity contribution in [2.75, 3.05) is 58.0 Å². The molecule has 1 saturated heterocycles. The molecule has 1 aromatic heterocycles. The van der Waals surface area contributed by atoms with E-state index in [1.165, 1.54) is 0 Å². The van der Waals surface area contributed by atoms with Crippen LogP contribution in [-0.4, -0.2) is 83.9 Å². The van der Waals surface area contributed by atoms with Crippen LogP contribution >= 0.6 is 11.6 Å². The van der Waals surface area contributed by atoms with Gasteiger partial charge in [-0.2, -0.15) is 0 Å². The summed E-state index contributed by atoms with van der Waals surface area (Å²) in [6.07, 6.45) is 1.87. The van der Waals surface area contributed by atoms with Crippen LogP contribution in [0.25, 0.3) is 16.9 Å². The smallest absolute Gasteiger partial charge is 0.254 e. The minimum Gasteiger partial charge on any atom is -0.454 e. The number of carbonyl (C=O) groups excluding carboxylic acids is 2. The zero-order valence-electron chi connectivity index (χ0n) is 23.8. The van der Waals surface area contributed by atoms with Gasteiger partial charge in [0.2, 0.25) is 18.6 Å². The van der Waals surface area contributed by atoms with Crippen LogP contribution in [0.2, 0.25) is 5.02 Å². The highest BCUT2D eigenvalue weighted by Crippen LogP contribution is 2.33. The number of nitrogens with zero attached hydrogens (tertiary/aromatic N) is 4.